The van der Waals surface area contributed by atoms with Crippen molar-refractivity contribution in [2.24, 2.45) is 0 Å². The zero-order chi connectivity index (χ0) is 12.0. The molecule has 0 bridgehead atoms. The van der Waals surface area contributed by atoms with Crippen LogP contribution in [0.3, 0.4) is 0 Å². The molecule has 1 aromatic rings. The van der Waals surface area contributed by atoms with Gasteiger partial charge in [0.1, 0.15) is 17.2 Å². The largest absolute Gasteiger partial charge is 0.494 e. The molecule has 5 nitrogen and oxygen atoms in total. The van der Waals surface area contributed by atoms with Crippen LogP contribution in [0.2, 0.25) is 0 Å². The van der Waals surface area contributed by atoms with Crippen molar-refractivity contribution in [2.75, 3.05) is 38.4 Å². The monoisotopic (exact) mass is 226 g/mol. The van der Waals surface area contributed by atoms with Gasteiger partial charge in [0.25, 0.3) is 0 Å². The number of rotatable bonds is 6. The summed E-state index contributed by atoms with van der Waals surface area (Å²) in [6, 6.07) is 3.60. The molecule has 90 valence electrons. The smallest absolute Gasteiger partial charge is 0.147 e. The molecule has 0 saturated carbocycles. The number of nitrogens with one attached hydrogen (secondary N) is 1. The lowest BCUT2D eigenvalue weighted by molar-refractivity contribution is 0.292. The van der Waals surface area contributed by atoms with Crippen LogP contribution in [0.1, 0.15) is 6.42 Å². The average Bonchev–Trinajstić information content (AvgIpc) is 2.31. The lowest BCUT2D eigenvalue weighted by Gasteiger charge is -2.13. The summed E-state index contributed by atoms with van der Waals surface area (Å²) < 4.78 is 10.3. The molecule has 16 heavy (non-hydrogen) atoms. The van der Waals surface area contributed by atoms with Crippen LogP contribution < -0.4 is 20.5 Å². The summed E-state index contributed by atoms with van der Waals surface area (Å²) in [6.45, 7) is 0.850. The van der Waals surface area contributed by atoms with Gasteiger partial charge in [0.2, 0.25) is 0 Å². The van der Waals surface area contributed by atoms with Gasteiger partial charge < -0.3 is 25.6 Å². The molecular formula is C11H18N2O3. The maximum atomic E-state index is 8.68. The van der Waals surface area contributed by atoms with Crippen LogP contribution in [0.25, 0.3) is 0 Å². The van der Waals surface area contributed by atoms with Crippen molar-refractivity contribution in [2.45, 2.75) is 6.42 Å². The summed E-state index contributed by atoms with van der Waals surface area (Å²) in [4.78, 5) is 0. The van der Waals surface area contributed by atoms with Crippen LogP contribution in [0.4, 0.5) is 11.4 Å². The SMILES string of the molecule is COc1cc(NCCCO)cc(OC)c1N. The molecule has 0 saturated heterocycles. The highest BCUT2D eigenvalue weighted by atomic mass is 16.5. The molecule has 0 heterocycles. The number of aliphatic hydroxyl groups excluding tert-OH is 1. The molecule has 0 fully saturated rings. The second-order valence-corrected chi connectivity index (χ2v) is 3.30. The van der Waals surface area contributed by atoms with Crippen LogP contribution in [-0.2, 0) is 0 Å². The molecule has 1 aromatic carbocycles. The molecule has 0 aliphatic rings. The predicted octanol–water partition coefficient (Wildman–Crippen LogP) is 1.08. The Bertz CT molecular complexity index is 317. The maximum Gasteiger partial charge on any atom is 0.147 e. The highest BCUT2D eigenvalue weighted by molar-refractivity contribution is 5.69. The minimum absolute atomic E-state index is 0.163. The first-order valence-corrected chi connectivity index (χ1v) is 5.09. The minimum atomic E-state index is 0.163. The normalized spacial score (nSPS) is 9.94. The first-order valence-electron chi connectivity index (χ1n) is 5.09. The molecule has 1 rings (SSSR count). The molecule has 4 N–H and O–H groups in total. The van der Waals surface area contributed by atoms with Gasteiger partial charge in [-0.05, 0) is 6.42 Å². The summed E-state index contributed by atoms with van der Waals surface area (Å²) in [5.74, 6) is 1.15. The highest BCUT2D eigenvalue weighted by Gasteiger charge is 2.08. The number of methoxy groups -OCH3 is 2. The van der Waals surface area contributed by atoms with E-state index < -0.39 is 0 Å². The van der Waals surface area contributed by atoms with Crippen molar-refractivity contribution in [1.82, 2.24) is 0 Å². The minimum Gasteiger partial charge on any atom is -0.494 e. The molecule has 0 spiro atoms. The first-order chi connectivity index (χ1) is 7.72. The predicted molar refractivity (Wildman–Crippen MR) is 64.2 cm³/mol. The molecule has 0 aliphatic carbocycles. The van der Waals surface area contributed by atoms with E-state index in [1.165, 1.54) is 0 Å². The number of ether oxygens (including phenoxy) is 2. The third-order valence-corrected chi connectivity index (χ3v) is 2.21. The van der Waals surface area contributed by atoms with Crippen LogP contribution in [0.5, 0.6) is 11.5 Å². The van der Waals surface area contributed by atoms with Gasteiger partial charge in [-0.3, -0.25) is 0 Å². The molecule has 0 aliphatic heterocycles. The van der Waals surface area contributed by atoms with E-state index in [2.05, 4.69) is 5.32 Å². The lowest BCUT2D eigenvalue weighted by Crippen LogP contribution is -2.05. The first kappa shape index (κ1) is 12.4. The van der Waals surface area contributed by atoms with Gasteiger partial charge in [0.15, 0.2) is 0 Å². The van der Waals surface area contributed by atoms with Gasteiger partial charge >= 0.3 is 0 Å². The number of nitrogens with two attached hydrogens (primary N) is 1. The van der Waals surface area contributed by atoms with E-state index in [-0.39, 0.29) is 6.61 Å². The average molecular weight is 226 g/mol. The van der Waals surface area contributed by atoms with Gasteiger partial charge in [-0.15, -0.1) is 0 Å². The van der Waals surface area contributed by atoms with Gasteiger partial charge in [-0.2, -0.15) is 0 Å². The van der Waals surface area contributed by atoms with Crippen molar-refractivity contribution >= 4 is 11.4 Å². The molecule has 0 atom stereocenters. The third-order valence-electron chi connectivity index (χ3n) is 2.21. The van der Waals surface area contributed by atoms with Crippen molar-refractivity contribution in [1.29, 1.82) is 0 Å². The highest BCUT2D eigenvalue weighted by Crippen LogP contribution is 2.35. The Morgan fingerprint density at radius 2 is 1.81 bits per heavy atom. The molecular weight excluding hydrogens is 208 g/mol. The Hall–Kier alpha value is -1.62. The van der Waals surface area contributed by atoms with Crippen LogP contribution in [0, 0.1) is 0 Å². The molecule has 0 amide bonds. The number of anilines is 2. The molecule has 0 aromatic heterocycles. The summed E-state index contributed by atoms with van der Waals surface area (Å²) in [7, 11) is 3.12. The van der Waals surface area contributed by atoms with E-state index in [0.717, 1.165) is 5.69 Å². The number of hydrogen-bond acceptors (Lipinski definition) is 5. The van der Waals surface area contributed by atoms with E-state index in [1.807, 2.05) is 0 Å². The number of benzene rings is 1. The Morgan fingerprint density at radius 1 is 1.25 bits per heavy atom. The molecule has 5 heteroatoms. The second kappa shape index (κ2) is 6.07. The van der Waals surface area contributed by atoms with E-state index >= 15 is 0 Å². The van der Waals surface area contributed by atoms with Gasteiger partial charge in [0, 0.05) is 31.0 Å². The fourth-order valence-electron chi connectivity index (χ4n) is 1.35. The van der Waals surface area contributed by atoms with Crippen LogP contribution in [-0.4, -0.2) is 32.5 Å². The Kier molecular flexibility index (Phi) is 4.72. The Balaban J connectivity index is 2.84. The molecule has 0 unspecified atom stereocenters. The summed E-state index contributed by atoms with van der Waals surface area (Å²) >= 11 is 0. The third kappa shape index (κ3) is 2.93. The van der Waals surface area contributed by atoms with Gasteiger partial charge in [-0.1, -0.05) is 0 Å². The van der Waals surface area contributed by atoms with Crippen LogP contribution >= 0.6 is 0 Å². The summed E-state index contributed by atoms with van der Waals surface area (Å²) in [6.07, 6.45) is 0.689. The zero-order valence-corrected chi connectivity index (χ0v) is 9.62. The topological polar surface area (TPSA) is 76.7 Å². The quantitative estimate of drug-likeness (QED) is 0.500. The number of hydrogen-bond donors (Lipinski definition) is 3. The van der Waals surface area contributed by atoms with Crippen molar-refractivity contribution in [3.8, 4) is 11.5 Å². The number of aliphatic hydroxyl groups is 1. The van der Waals surface area contributed by atoms with E-state index in [1.54, 1.807) is 26.4 Å². The standard InChI is InChI=1S/C11H18N2O3/c1-15-9-6-8(13-4-3-5-14)7-10(16-2)11(9)12/h6-7,13-14H,3-5,12H2,1-2H3. The van der Waals surface area contributed by atoms with Crippen LogP contribution in [0.15, 0.2) is 12.1 Å². The van der Waals surface area contributed by atoms with E-state index in [4.69, 9.17) is 20.3 Å². The number of nitrogen functional groups attached to an aromatic ring is 1. The Labute approximate surface area is 95.2 Å². The van der Waals surface area contributed by atoms with Crippen molar-refractivity contribution in [3.05, 3.63) is 12.1 Å². The van der Waals surface area contributed by atoms with Gasteiger partial charge in [0.05, 0.1) is 14.2 Å². The zero-order valence-electron chi connectivity index (χ0n) is 9.62. The molecule has 0 radical (unpaired) electrons. The summed E-state index contributed by atoms with van der Waals surface area (Å²) in [5.41, 5.74) is 7.15. The van der Waals surface area contributed by atoms with Crippen molar-refractivity contribution < 1.29 is 14.6 Å². The van der Waals surface area contributed by atoms with Crippen molar-refractivity contribution in [3.63, 3.8) is 0 Å². The fraction of sp³-hybridized carbons (Fsp3) is 0.455. The second-order valence-electron chi connectivity index (χ2n) is 3.30. The van der Waals surface area contributed by atoms with Gasteiger partial charge in [-0.25, -0.2) is 0 Å². The fourth-order valence-corrected chi connectivity index (χ4v) is 1.35. The summed E-state index contributed by atoms with van der Waals surface area (Å²) in [5, 5.41) is 11.8. The lowest BCUT2D eigenvalue weighted by atomic mass is 10.2. The van der Waals surface area contributed by atoms with E-state index in [0.29, 0.717) is 30.2 Å². The maximum absolute atomic E-state index is 8.68. The van der Waals surface area contributed by atoms with E-state index in [9.17, 15) is 0 Å². The Morgan fingerprint density at radius 3 is 2.25 bits per heavy atom.